The van der Waals surface area contributed by atoms with Gasteiger partial charge in [0.15, 0.2) is 0 Å². The minimum atomic E-state index is -3.84. The fourth-order valence-corrected chi connectivity index (χ4v) is 3.69. The summed E-state index contributed by atoms with van der Waals surface area (Å²) in [5.74, 6) is -1.06. The van der Waals surface area contributed by atoms with Crippen LogP contribution >= 0.6 is 0 Å². The van der Waals surface area contributed by atoms with E-state index in [2.05, 4.69) is 10.6 Å². The molecule has 1 heterocycles. The monoisotopic (exact) mass is 430 g/mol. The van der Waals surface area contributed by atoms with Crippen LogP contribution in [0.5, 0.6) is 0 Å². The molecular weight excluding hydrogens is 408 g/mol. The summed E-state index contributed by atoms with van der Waals surface area (Å²) in [6.07, 6.45) is 0.995. The third-order valence-corrected chi connectivity index (χ3v) is 5.80. The lowest BCUT2D eigenvalue weighted by Gasteiger charge is -2.21. The molecule has 0 saturated carbocycles. The van der Waals surface area contributed by atoms with Gasteiger partial charge in [-0.05, 0) is 49.6 Å². The Morgan fingerprint density at radius 1 is 1.10 bits per heavy atom. The summed E-state index contributed by atoms with van der Waals surface area (Å²) in [7, 11) is -3.84. The lowest BCUT2D eigenvalue weighted by atomic mass is 9.93. The summed E-state index contributed by atoms with van der Waals surface area (Å²) in [4.78, 5) is 38.2. The zero-order chi connectivity index (χ0) is 21.9. The normalized spacial score (nSPS) is 18.9. The van der Waals surface area contributed by atoms with Crippen LogP contribution in [0.4, 0.5) is 10.5 Å². The number of anilines is 1. The van der Waals surface area contributed by atoms with Crippen LogP contribution in [-0.4, -0.2) is 43.2 Å². The molecule has 1 atom stereocenters. The molecule has 9 nitrogen and oxygen atoms in total. The second kappa shape index (κ2) is 8.25. The van der Waals surface area contributed by atoms with Gasteiger partial charge in [0, 0.05) is 5.69 Å². The van der Waals surface area contributed by atoms with Crippen molar-refractivity contribution in [1.82, 2.24) is 10.2 Å². The predicted octanol–water partition coefficient (Wildman–Crippen LogP) is 1.22. The van der Waals surface area contributed by atoms with Gasteiger partial charge in [0.1, 0.15) is 12.1 Å². The van der Waals surface area contributed by atoms with Gasteiger partial charge in [0.2, 0.25) is 15.9 Å². The van der Waals surface area contributed by atoms with Crippen molar-refractivity contribution in [2.75, 3.05) is 11.9 Å². The smallest absolute Gasteiger partial charge is 0.325 e. The minimum Gasteiger partial charge on any atom is -0.325 e. The molecular formula is C20H22N4O5S. The van der Waals surface area contributed by atoms with E-state index in [0.29, 0.717) is 18.5 Å². The van der Waals surface area contributed by atoms with Crippen LogP contribution < -0.4 is 15.8 Å². The van der Waals surface area contributed by atoms with Crippen molar-refractivity contribution in [2.24, 2.45) is 5.14 Å². The molecule has 30 heavy (non-hydrogen) atoms. The Morgan fingerprint density at radius 2 is 1.73 bits per heavy atom. The Bertz CT molecular complexity index is 1070. The van der Waals surface area contributed by atoms with E-state index in [0.717, 1.165) is 10.5 Å². The van der Waals surface area contributed by atoms with Crippen molar-refractivity contribution in [3.05, 3.63) is 60.2 Å². The molecule has 0 spiro atoms. The number of carbonyl (C=O) groups is 3. The fraction of sp³-hybridized carbons (Fsp3) is 0.250. The average molecular weight is 430 g/mol. The third-order valence-electron chi connectivity index (χ3n) is 4.87. The van der Waals surface area contributed by atoms with Gasteiger partial charge in [0.05, 0.1) is 4.90 Å². The number of hydrogen-bond donors (Lipinski definition) is 3. The van der Waals surface area contributed by atoms with Crippen LogP contribution in [0, 0.1) is 0 Å². The fourth-order valence-electron chi connectivity index (χ4n) is 3.17. The van der Waals surface area contributed by atoms with Gasteiger partial charge in [-0.2, -0.15) is 0 Å². The van der Waals surface area contributed by atoms with Gasteiger partial charge < -0.3 is 10.6 Å². The molecule has 1 fully saturated rings. The number of carbonyl (C=O) groups excluding carboxylic acids is 3. The molecule has 2 aromatic carbocycles. The highest BCUT2D eigenvalue weighted by Crippen LogP contribution is 2.23. The van der Waals surface area contributed by atoms with Crippen molar-refractivity contribution < 1.29 is 22.8 Å². The molecule has 0 unspecified atom stereocenters. The highest BCUT2D eigenvalue weighted by Gasteiger charge is 2.47. The largest absolute Gasteiger partial charge is 0.325 e. The minimum absolute atomic E-state index is 0.0937. The molecule has 4 amide bonds. The molecule has 0 aliphatic carbocycles. The summed E-state index contributed by atoms with van der Waals surface area (Å²) >= 11 is 0. The van der Waals surface area contributed by atoms with Crippen LogP contribution in [0.15, 0.2) is 59.5 Å². The van der Waals surface area contributed by atoms with E-state index < -0.39 is 40.0 Å². The summed E-state index contributed by atoms with van der Waals surface area (Å²) in [5.41, 5.74) is 0.260. The van der Waals surface area contributed by atoms with Gasteiger partial charge in [-0.3, -0.25) is 14.5 Å². The van der Waals surface area contributed by atoms with Crippen LogP contribution in [0.3, 0.4) is 0 Å². The Labute approximate surface area is 174 Å². The van der Waals surface area contributed by atoms with E-state index >= 15 is 0 Å². The quantitative estimate of drug-likeness (QED) is 0.567. The van der Waals surface area contributed by atoms with Gasteiger partial charge >= 0.3 is 6.03 Å². The van der Waals surface area contributed by atoms with Crippen molar-refractivity contribution in [2.45, 2.75) is 30.2 Å². The number of nitrogens with zero attached hydrogens (tertiary/aromatic N) is 1. The molecule has 2 aromatic rings. The highest BCUT2D eigenvalue weighted by molar-refractivity contribution is 7.89. The molecule has 0 bridgehead atoms. The van der Waals surface area contributed by atoms with E-state index in [1.807, 2.05) is 30.3 Å². The zero-order valence-corrected chi connectivity index (χ0v) is 17.1. The molecule has 158 valence electrons. The Kier molecular flexibility index (Phi) is 5.90. The first-order chi connectivity index (χ1) is 14.1. The van der Waals surface area contributed by atoms with E-state index in [-0.39, 0.29) is 4.90 Å². The van der Waals surface area contributed by atoms with Crippen LogP contribution in [0.2, 0.25) is 0 Å². The second-order valence-corrected chi connectivity index (χ2v) is 8.82. The number of imide groups is 1. The van der Waals surface area contributed by atoms with Gasteiger partial charge in [0.25, 0.3) is 5.91 Å². The summed E-state index contributed by atoms with van der Waals surface area (Å²) in [5, 5.41) is 10.2. The lowest BCUT2D eigenvalue weighted by Crippen LogP contribution is -2.45. The maximum absolute atomic E-state index is 12.8. The van der Waals surface area contributed by atoms with E-state index in [1.54, 1.807) is 6.92 Å². The first-order valence-corrected chi connectivity index (χ1v) is 10.7. The summed E-state index contributed by atoms with van der Waals surface area (Å²) in [6, 6.07) is 14.2. The summed E-state index contributed by atoms with van der Waals surface area (Å²) < 4.78 is 22.6. The first-order valence-electron chi connectivity index (χ1n) is 9.19. The SMILES string of the molecule is C[C@@]1(CCc2ccccc2)NC(=O)N(CC(=O)Nc2ccc(S(N)(=O)=O)cc2)C1=O. The van der Waals surface area contributed by atoms with Crippen molar-refractivity contribution >= 4 is 33.6 Å². The first kappa shape index (κ1) is 21.5. The molecule has 10 heteroatoms. The maximum Gasteiger partial charge on any atom is 0.325 e. The van der Waals surface area contributed by atoms with E-state index in [9.17, 15) is 22.8 Å². The molecule has 0 radical (unpaired) electrons. The Balaban J connectivity index is 1.61. The van der Waals surface area contributed by atoms with Crippen molar-refractivity contribution in [3.8, 4) is 0 Å². The Morgan fingerprint density at radius 3 is 2.33 bits per heavy atom. The number of nitrogens with one attached hydrogen (secondary N) is 2. The predicted molar refractivity (Wildman–Crippen MR) is 110 cm³/mol. The molecule has 0 aromatic heterocycles. The topological polar surface area (TPSA) is 139 Å². The average Bonchev–Trinajstić information content (AvgIpc) is 2.90. The number of amides is 4. The number of benzene rings is 2. The number of rotatable bonds is 7. The third kappa shape index (κ3) is 4.84. The molecule has 3 rings (SSSR count). The van der Waals surface area contributed by atoms with Crippen LogP contribution in [0.1, 0.15) is 18.9 Å². The summed E-state index contributed by atoms with van der Waals surface area (Å²) in [6.45, 7) is 1.18. The van der Waals surface area contributed by atoms with Gasteiger partial charge in [-0.1, -0.05) is 30.3 Å². The number of aryl methyl sites for hydroxylation is 1. The number of urea groups is 1. The lowest BCUT2D eigenvalue weighted by molar-refractivity contribution is -0.133. The zero-order valence-electron chi connectivity index (χ0n) is 16.3. The highest BCUT2D eigenvalue weighted by atomic mass is 32.2. The Hall–Kier alpha value is -3.24. The van der Waals surface area contributed by atoms with Crippen molar-refractivity contribution in [1.29, 1.82) is 0 Å². The molecule has 1 aliphatic rings. The molecule has 1 saturated heterocycles. The second-order valence-electron chi connectivity index (χ2n) is 7.26. The molecule has 4 N–H and O–H groups in total. The number of sulfonamides is 1. The van der Waals surface area contributed by atoms with Crippen LogP contribution in [-0.2, 0) is 26.0 Å². The van der Waals surface area contributed by atoms with E-state index in [4.69, 9.17) is 5.14 Å². The maximum atomic E-state index is 12.8. The van der Waals surface area contributed by atoms with Gasteiger partial charge in [-0.15, -0.1) is 0 Å². The van der Waals surface area contributed by atoms with E-state index in [1.165, 1.54) is 24.3 Å². The number of hydrogen-bond acceptors (Lipinski definition) is 5. The number of primary sulfonamides is 1. The molecule has 1 aliphatic heterocycles. The standard InChI is InChI=1S/C20H22N4O5S/c1-20(12-11-14-5-3-2-4-6-14)18(26)24(19(27)23-20)13-17(25)22-15-7-9-16(10-8-15)30(21,28)29/h2-10H,11-13H2,1H3,(H,22,25)(H,23,27)(H2,21,28,29)/t20-/m0/s1. The van der Waals surface area contributed by atoms with Crippen LogP contribution in [0.25, 0.3) is 0 Å². The van der Waals surface area contributed by atoms with Crippen molar-refractivity contribution in [3.63, 3.8) is 0 Å². The van der Waals surface area contributed by atoms with Gasteiger partial charge in [-0.25, -0.2) is 18.4 Å². The number of nitrogens with two attached hydrogens (primary N) is 1.